The number of rotatable bonds is 2. The first-order chi connectivity index (χ1) is 3.55. The third kappa shape index (κ3) is 3.49. The molecule has 0 heterocycles. The van der Waals surface area contributed by atoms with Crippen LogP contribution in [0.15, 0.2) is 0 Å². The van der Waals surface area contributed by atoms with E-state index in [0.717, 1.165) is 0 Å². The molecule has 0 fully saturated rings. The molecule has 2 nitrogen and oxygen atoms in total. The van der Waals surface area contributed by atoms with Crippen molar-refractivity contribution in [2.45, 2.75) is 0 Å². The monoisotopic (exact) mass is 336 g/mol. The van der Waals surface area contributed by atoms with E-state index in [4.69, 9.17) is 0 Å². The molecule has 50 valence electrons. The number of nitrogens with zero attached hydrogens (tertiary/aromatic N) is 2. The first kappa shape index (κ1) is 9.47. The molecule has 0 aliphatic rings. The Hall–Kier alpha value is 1.47. The third-order valence-electron chi connectivity index (χ3n) is 0.660. The summed E-state index contributed by atoms with van der Waals surface area (Å²) in [6.07, 6.45) is 0. The van der Waals surface area contributed by atoms with Gasteiger partial charge in [0, 0.05) is 0 Å². The van der Waals surface area contributed by atoms with Gasteiger partial charge in [0.25, 0.3) is 0 Å². The Morgan fingerprint density at radius 3 is 1.25 bits per heavy atom. The van der Waals surface area contributed by atoms with Gasteiger partial charge in [0.15, 0.2) is 0 Å². The van der Waals surface area contributed by atoms with Crippen molar-refractivity contribution < 1.29 is 0 Å². The van der Waals surface area contributed by atoms with Gasteiger partial charge in [-0.3, -0.25) is 0 Å². The molecule has 0 rings (SSSR count). The van der Waals surface area contributed by atoms with Crippen molar-refractivity contribution in [3.8, 4) is 0 Å². The van der Waals surface area contributed by atoms with Gasteiger partial charge >= 0.3 is 69.6 Å². The van der Waals surface area contributed by atoms with Crippen molar-refractivity contribution in [2.75, 3.05) is 28.2 Å². The molecule has 0 aliphatic carbocycles. The quantitative estimate of drug-likeness (QED) is 0.536. The fourth-order valence-corrected chi connectivity index (χ4v) is 2.40. The van der Waals surface area contributed by atoms with Crippen molar-refractivity contribution in [1.82, 2.24) is 6.12 Å². The number of hydrogen-bond donors (Lipinski definition) is 0. The zero-order valence-electron chi connectivity index (χ0n) is 5.72. The van der Waals surface area contributed by atoms with E-state index in [2.05, 4.69) is 52.8 Å². The zero-order chi connectivity index (χ0) is 6.73. The van der Waals surface area contributed by atoms with Gasteiger partial charge in [0.05, 0.1) is 0 Å². The van der Waals surface area contributed by atoms with E-state index in [0.29, 0.717) is 0 Å². The summed E-state index contributed by atoms with van der Waals surface area (Å²) in [6, 6.07) is 0. The SMILES string of the molecule is C[N](C)[Sb]([I])[N](C)C. The summed E-state index contributed by atoms with van der Waals surface area (Å²) in [4.78, 5) is 0. The molecular weight excluding hydrogens is 325 g/mol. The van der Waals surface area contributed by atoms with E-state index in [1.807, 2.05) is 0 Å². The molecule has 8 heavy (non-hydrogen) atoms. The first-order valence-electron chi connectivity index (χ1n) is 2.36. The van der Waals surface area contributed by atoms with Crippen LogP contribution in [0.1, 0.15) is 0 Å². The van der Waals surface area contributed by atoms with Crippen molar-refractivity contribution in [3.05, 3.63) is 0 Å². The molecule has 4 heteroatoms. The molecule has 0 spiro atoms. The number of halogens is 1. The van der Waals surface area contributed by atoms with Gasteiger partial charge in [-0.15, -0.1) is 0 Å². The first-order valence-corrected chi connectivity index (χ1v) is 12.1. The van der Waals surface area contributed by atoms with E-state index in [-0.39, 0.29) is 0 Å². The fourth-order valence-electron chi connectivity index (χ4n) is 0.358. The minimum absolute atomic E-state index is 1.10. The Morgan fingerprint density at radius 1 is 1.00 bits per heavy atom. The van der Waals surface area contributed by atoms with Gasteiger partial charge in [-0.1, -0.05) is 0 Å². The zero-order valence-corrected chi connectivity index (χ0v) is 10.4. The number of hydrogen-bond acceptors (Lipinski definition) is 2. The van der Waals surface area contributed by atoms with Gasteiger partial charge < -0.3 is 0 Å². The topological polar surface area (TPSA) is 6.48 Å². The van der Waals surface area contributed by atoms with E-state index in [9.17, 15) is 0 Å². The molecule has 0 saturated heterocycles. The summed E-state index contributed by atoms with van der Waals surface area (Å²) in [5.74, 6) is 0. The molecule has 0 unspecified atom stereocenters. The average molecular weight is 337 g/mol. The van der Waals surface area contributed by atoms with E-state index >= 15 is 0 Å². The van der Waals surface area contributed by atoms with Gasteiger partial charge in [-0.05, 0) is 0 Å². The second kappa shape index (κ2) is 4.31. The van der Waals surface area contributed by atoms with E-state index in [1.54, 1.807) is 0 Å². The Labute approximate surface area is 69.0 Å². The van der Waals surface area contributed by atoms with Crippen LogP contribution in [-0.2, 0) is 0 Å². The Kier molecular flexibility index (Phi) is 5.10. The molecule has 0 N–H and O–H groups in total. The third-order valence-corrected chi connectivity index (χ3v) is 16.0. The van der Waals surface area contributed by atoms with Gasteiger partial charge in [0.1, 0.15) is 0 Å². The minimum atomic E-state index is -1.10. The predicted octanol–water partition coefficient (Wildman–Crippen LogP) is 0.529. The molecule has 0 aliphatic heterocycles. The normalized spacial score (nSPS) is 12.0. The molecular formula is C4H12IN2Sb. The summed E-state index contributed by atoms with van der Waals surface area (Å²) in [6.45, 7) is 0. The summed E-state index contributed by atoms with van der Waals surface area (Å²) >= 11 is 1.45. The Balaban J connectivity index is 3.46. The van der Waals surface area contributed by atoms with Crippen molar-refractivity contribution in [2.24, 2.45) is 0 Å². The summed E-state index contributed by atoms with van der Waals surface area (Å²) in [5, 5.41) is 0. The molecule has 0 aromatic rings. The van der Waals surface area contributed by atoms with Crippen molar-refractivity contribution in [1.29, 1.82) is 0 Å². The van der Waals surface area contributed by atoms with E-state index in [1.165, 1.54) is 0 Å². The van der Waals surface area contributed by atoms with Crippen LogP contribution in [0.3, 0.4) is 0 Å². The average Bonchev–Trinajstić information content (AvgIpc) is 1.64. The second-order valence-electron chi connectivity index (χ2n) is 1.94. The van der Waals surface area contributed by atoms with Crippen LogP contribution in [0.4, 0.5) is 0 Å². The summed E-state index contributed by atoms with van der Waals surface area (Å²) in [7, 11) is 8.59. The van der Waals surface area contributed by atoms with Gasteiger partial charge in [-0.25, -0.2) is 0 Å². The van der Waals surface area contributed by atoms with Crippen LogP contribution in [-0.4, -0.2) is 51.1 Å². The molecule has 0 radical (unpaired) electrons. The van der Waals surface area contributed by atoms with Crippen LogP contribution in [0.25, 0.3) is 0 Å². The second-order valence-corrected chi connectivity index (χ2v) is 13.7. The maximum absolute atomic E-state index is 2.56. The van der Waals surface area contributed by atoms with Crippen molar-refractivity contribution in [3.63, 3.8) is 0 Å². The van der Waals surface area contributed by atoms with Crippen LogP contribution < -0.4 is 0 Å². The molecule has 0 aromatic heterocycles. The molecule has 0 bridgehead atoms. The van der Waals surface area contributed by atoms with Crippen molar-refractivity contribution >= 4 is 35.2 Å². The van der Waals surface area contributed by atoms with Crippen LogP contribution in [0.5, 0.6) is 0 Å². The van der Waals surface area contributed by atoms with E-state index < -0.39 is 16.7 Å². The fraction of sp³-hybridized carbons (Fsp3) is 1.00. The summed E-state index contributed by atoms with van der Waals surface area (Å²) in [5.41, 5.74) is 0. The standard InChI is InChI=1S/2C2H6N.HI.Sb/c2*1-3-2;;/h2*1-2H3;1H;/q2*-1;;+3/p-1. The predicted molar refractivity (Wildman–Crippen MR) is 47.1 cm³/mol. The Morgan fingerprint density at radius 2 is 1.25 bits per heavy atom. The van der Waals surface area contributed by atoms with Crippen LogP contribution >= 0.6 is 18.5 Å². The van der Waals surface area contributed by atoms with Gasteiger partial charge in [0.2, 0.25) is 0 Å². The van der Waals surface area contributed by atoms with Crippen LogP contribution in [0, 0.1) is 0 Å². The van der Waals surface area contributed by atoms with Crippen LogP contribution in [0.2, 0.25) is 0 Å². The summed E-state index contributed by atoms with van der Waals surface area (Å²) < 4.78 is 4.67. The maximum atomic E-state index is 2.56. The molecule has 0 amide bonds. The van der Waals surface area contributed by atoms with Gasteiger partial charge in [-0.2, -0.15) is 0 Å². The molecule has 0 atom stereocenters. The molecule has 0 saturated carbocycles. The Bertz CT molecular complexity index is 59.1. The molecule has 0 aromatic carbocycles.